The van der Waals surface area contributed by atoms with Crippen molar-refractivity contribution < 1.29 is 19.4 Å². The Morgan fingerprint density at radius 3 is 2.79 bits per heavy atom. The number of H-pyrrole nitrogens is 1. The molecule has 0 bridgehead atoms. The summed E-state index contributed by atoms with van der Waals surface area (Å²) in [5, 5.41) is 12.7. The first-order chi connectivity index (χ1) is 15.9. The van der Waals surface area contributed by atoms with E-state index in [1.54, 1.807) is 18.2 Å². The number of aromatic nitrogens is 1. The topological polar surface area (TPSA) is 91.4 Å². The molecule has 1 aliphatic carbocycles. The first kappa shape index (κ1) is 22.4. The van der Waals surface area contributed by atoms with Gasteiger partial charge in [-0.05, 0) is 61.1 Å². The number of carboxylic acid groups (broad SMARTS) is 1. The van der Waals surface area contributed by atoms with Gasteiger partial charge in [-0.1, -0.05) is 43.4 Å². The van der Waals surface area contributed by atoms with Crippen LogP contribution in [0.15, 0.2) is 72.8 Å². The third-order valence-corrected chi connectivity index (χ3v) is 5.79. The van der Waals surface area contributed by atoms with Crippen molar-refractivity contribution in [2.45, 2.75) is 32.6 Å². The van der Waals surface area contributed by atoms with Crippen LogP contribution >= 0.6 is 0 Å². The second-order valence-corrected chi connectivity index (χ2v) is 8.71. The van der Waals surface area contributed by atoms with E-state index < -0.39 is 5.97 Å². The van der Waals surface area contributed by atoms with Crippen LogP contribution in [0.3, 0.4) is 0 Å². The number of nitrogens with one attached hydrogen (secondary N) is 2. The summed E-state index contributed by atoms with van der Waals surface area (Å²) < 4.78 is 5.69. The number of hydrogen-bond donors (Lipinski definition) is 3. The molecule has 0 aliphatic heterocycles. The lowest BCUT2D eigenvalue weighted by Gasteiger charge is -2.25. The average molecular weight is 445 g/mol. The molecule has 6 nitrogen and oxygen atoms in total. The zero-order valence-corrected chi connectivity index (χ0v) is 18.6. The van der Waals surface area contributed by atoms with E-state index in [1.807, 2.05) is 24.3 Å². The molecule has 3 N–H and O–H groups in total. The van der Waals surface area contributed by atoms with Gasteiger partial charge in [-0.25, -0.2) is 0 Å². The molecule has 170 valence electrons. The van der Waals surface area contributed by atoms with E-state index in [2.05, 4.69) is 47.6 Å². The number of carbonyl (C=O) groups is 2. The van der Waals surface area contributed by atoms with E-state index >= 15 is 0 Å². The number of amides is 1. The molecule has 33 heavy (non-hydrogen) atoms. The number of ether oxygens (including phenoxy) is 1. The Balaban J connectivity index is 1.45. The molecule has 1 atom stereocenters. The Morgan fingerprint density at radius 2 is 2.00 bits per heavy atom. The van der Waals surface area contributed by atoms with Gasteiger partial charge in [-0.3, -0.25) is 9.59 Å². The van der Waals surface area contributed by atoms with Gasteiger partial charge in [0, 0.05) is 28.6 Å². The van der Waals surface area contributed by atoms with Crippen molar-refractivity contribution in [3.8, 4) is 5.75 Å². The van der Waals surface area contributed by atoms with E-state index in [0.717, 1.165) is 29.4 Å². The Hall–Kier alpha value is -3.80. The summed E-state index contributed by atoms with van der Waals surface area (Å²) in [6.07, 6.45) is 11.0. The number of allylic oxidation sites excluding steroid dienone is 4. The molecule has 6 heteroatoms. The van der Waals surface area contributed by atoms with E-state index in [-0.39, 0.29) is 24.3 Å². The Morgan fingerprint density at radius 1 is 1.15 bits per heavy atom. The molecule has 0 saturated carbocycles. The van der Waals surface area contributed by atoms with Crippen molar-refractivity contribution in [1.29, 1.82) is 0 Å². The van der Waals surface area contributed by atoms with E-state index in [0.29, 0.717) is 23.4 Å². The van der Waals surface area contributed by atoms with Gasteiger partial charge in [-0.2, -0.15) is 0 Å². The third kappa shape index (κ3) is 5.71. The fourth-order valence-electron chi connectivity index (χ4n) is 4.06. The van der Waals surface area contributed by atoms with Gasteiger partial charge in [0.15, 0.2) is 0 Å². The molecule has 3 aromatic rings. The van der Waals surface area contributed by atoms with Crippen LogP contribution in [-0.2, 0) is 11.2 Å². The number of rotatable bonds is 9. The Labute approximate surface area is 193 Å². The highest BCUT2D eigenvalue weighted by molar-refractivity contribution is 6.07. The summed E-state index contributed by atoms with van der Waals surface area (Å²) in [5.74, 6) is -0.567. The maximum Gasteiger partial charge on any atom is 0.303 e. The number of anilines is 1. The molecular formula is C27H28N2O4. The quantitative estimate of drug-likeness (QED) is 0.368. The van der Waals surface area contributed by atoms with Crippen molar-refractivity contribution in [3.63, 3.8) is 0 Å². The SMILES string of the molecule is CC1(Cc2cc3cc(C(=O)Nc4ccccc4OCCCC(=O)O)ccc3[nH]2)C=CC=CC1. The first-order valence-electron chi connectivity index (χ1n) is 11.1. The van der Waals surface area contributed by atoms with Crippen LogP contribution in [0.1, 0.15) is 42.2 Å². The van der Waals surface area contributed by atoms with Crippen molar-refractivity contribution in [3.05, 3.63) is 84.1 Å². The molecule has 1 heterocycles. The zero-order valence-electron chi connectivity index (χ0n) is 18.6. The fourth-order valence-corrected chi connectivity index (χ4v) is 4.06. The lowest BCUT2D eigenvalue weighted by molar-refractivity contribution is -0.137. The summed E-state index contributed by atoms with van der Waals surface area (Å²) in [4.78, 5) is 27.1. The smallest absolute Gasteiger partial charge is 0.303 e. The average Bonchev–Trinajstić information content (AvgIpc) is 3.18. The number of para-hydroxylation sites is 2. The summed E-state index contributed by atoms with van der Waals surface area (Å²) >= 11 is 0. The van der Waals surface area contributed by atoms with Crippen molar-refractivity contribution in [2.24, 2.45) is 5.41 Å². The minimum Gasteiger partial charge on any atom is -0.491 e. The standard InChI is InChI=1S/C27H28N2O4/c1-27(13-5-2-6-14-27)18-21-17-20-16-19(11-12-22(20)28-21)26(32)29-23-8-3-4-9-24(23)33-15-7-10-25(30)31/h2-6,8-9,11-13,16-17,28H,7,10,14-15,18H2,1H3,(H,29,32)(H,30,31). The molecule has 0 saturated heterocycles. The molecule has 1 unspecified atom stereocenters. The Bertz CT molecular complexity index is 1220. The number of aromatic amines is 1. The molecule has 0 spiro atoms. The number of fused-ring (bicyclic) bond motifs is 1. The molecule has 4 rings (SSSR count). The molecule has 0 fully saturated rings. The lowest BCUT2D eigenvalue weighted by Crippen LogP contribution is -2.17. The predicted molar refractivity (Wildman–Crippen MR) is 130 cm³/mol. The van der Waals surface area contributed by atoms with Crippen LogP contribution in [-0.4, -0.2) is 28.6 Å². The van der Waals surface area contributed by atoms with Gasteiger partial charge in [0.1, 0.15) is 5.75 Å². The third-order valence-electron chi connectivity index (χ3n) is 5.79. The van der Waals surface area contributed by atoms with Crippen LogP contribution in [0.2, 0.25) is 0 Å². The maximum atomic E-state index is 12.9. The molecule has 1 aliphatic rings. The van der Waals surface area contributed by atoms with Crippen molar-refractivity contribution in [2.75, 3.05) is 11.9 Å². The van der Waals surface area contributed by atoms with Crippen LogP contribution in [0.4, 0.5) is 5.69 Å². The van der Waals surface area contributed by atoms with Gasteiger partial charge < -0.3 is 20.1 Å². The van der Waals surface area contributed by atoms with Crippen LogP contribution in [0.25, 0.3) is 10.9 Å². The van der Waals surface area contributed by atoms with E-state index in [9.17, 15) is 9.59 Å². The molecule has 1 amide bonds. The normalized spacial score (nSPS) is 17.2. The maximum absolute atomic E-state index is 12.9. The minimum atomic E-state index is -0.857. The fraction of sp³-hybridized carbons (Fsp3) is 0.259. The second-order valence-electron chi connectivity index (χ2n) is 8.71. The molecular weight excluding hydrogens is 416 g/mol. The summed E-state index contributed by atoms with van der Waals surface area (Å²) in [6, 6.07) is 14.9. The number of aliphatic carboxylic acids is 1. The zero-order chi connectivity index (χ0) is 23.3. The largest absolute Gasteiger partial charge is 0.491 e. The number of carboxylic acids is 1. The summed E-state index contributed by atoms with van der Waals surface area (Å²) in [5.41, 5.74) is 3.34. The molecule has 2 aromatic carbocycles. The second kappa shape index (κ2) is 9.77. The Kier molecular flexibility index (Phi) is 6.63. The van der Waals surface area contributed by atoms with Gasteiger partial charge in [0.2, 0.25) is 0 Å². The molecule has 1 aromatic heterocycles. The van der Waals surface area contributed by atoms with Crippen LogP contribution in [0.5, 0.6) is 5.75 Å². The van der Waals surface area contributed by atoms with E-state index in [1.165, 1.54) is 0 Å². The van der Waals surface area contributed by atoms with Crippen molar-refractivity contribution >= 4 is 28.5 Å². The number of hydrogen-bond acceptors (Lipinski definition) is 3. The lowest BCUT2D eigenvalue weighted by atomic mass is 9.80. The minimum absolute atomic E-state index is 0.0410. The van der Waals surface area contributed by atoms with Crippen LogP contribution in [0, 0.1) is 5.41 Å². The van der Waals surface area contributed by atoms with E-state index in [4.69, 9.17) is 9.84 Å². The van der Waals surface area contributed by atoms with Gasteiger partial charge >= 0.3 is 5.97 Å². The molecule has 0 radical (unpaired) electrons. The van der Waals surface area contributed by atoms with Crippen molar-refractivity contribution in [1.82, 2.24) is 4.98 Å². The van der Waals surface area contributed by atoms with Gasteiger partial charge in [0.25, 0.3) is 5.91 Å². The highest BCUT2D eigenvalue weighted by Crippen LogP contribution is 2.32. The number of carbonyl (C=O) groups excluding carboxylic acids is 1. The highest BCUT2D eigenvalue weighted by Gasteiger charge is 2.22. The summed E-state index contributed by atoms with van der Waals surface area (Å²) in [6.45, 7) is 2.51. The van der Waals surface area contributed by atoms with Crippen LogP contribution < -0.4 is 10.1 Å². The number of benzene rings is 2. The predicted octanol–water partition coefficient (Wildman–Crippen LogP) is 5.73. The van der Waals surface area contributed by atoms with Gasteiger partial charge in [-0.15, -0.1) is 0 Å². The monoisotopic (exact) mass is 444 g/mol. The van der Waals surface area contributed by atoms with Gasteiger partial charge in [0.05, 0.1) is 12.3 Å². The first-order valence-corrected chi connectivity index (χ1v) is 11.1. The summed E-state index contributed by atoms with van der Waals surface area (Å²) in [7, 11) is 0. The highest BCUT2D eigenvalue weighted by atomic mass is 16.5.